The summed E-state index contributed by atoms with van der Waals surface area (Å²) in [6.45, 7) is 0.487. The Balaban J connectivity index is 1.78. The van der Waals surface area contributed by atoms with Crippen LogP contribution in [0.5, 0.6) is 0 Å². The fourth-order valence-corrected chi connectivity index (χ4v) is 5.39. The Kier molecular flexibility index (Phi) is 3.90. The first-order chi connectivity index (χ1) is 11.6. The second-order valence-electron chi connectivity index (χ2n) is 5.72. The van der Waals surface area contributed by atoms with E-state index < -0.39 is 10.0 Å². The maximum absolute atomic E-state index is 13.1. The summed E-state index contributed by atoms with van der Waals surface area (Å²) < 4.78 is 30.3. The van der Waals surface area contributed by atoms with Gasteiger partial charge >= 0.3 is 0 Å². The summed E-state index contributed by atoms with van der Waals surface area (Å²) in [6, 6.07) is 12.1. The zero-order valence-electron chi connectivity index (χ0n) is 12.7. The fraction of sp³-hybridized carbons (Fsp3) is 0.250. The molecule has 0 amide bonds. The first kappa shape index (κ1) is 15.7. The number of fused-ring (bicyclic) bond motifs is 1. The van der Waals surface area contributed by atoms with Crippen LogP contribution in [0.2, 0.25) is 0 Å². The van der Waals surface area contributed by atoms with Gasteiger partial charge in [-0.1, -0.05) is 28.1 Å². The van der Waals surface area contributed by atoms with Crippen molar-refractivity contribution in [1.29, 1.82) is 0 Å². The summed E-state index contributed by atoms with van der Waals surface area (Å²) in [6.07, 6.45) is 3.41. The highest BCUT2D eigenvalue weighted by molar-refractivity contribution is 9.10. The van der Waals surface area contributed by atoms with Crippen molar-refractivity contribution in [2.75, 3.05) is 6.54 Å². The molecule has 1 aliphatic rings. The molecular formula is C16H15BrN4O2S. The van der Waals surface area contributed by atoms with Crippen molar-refractivity contribution in [3.63, 3.8) is 0 Å². The van der Waals surface area contributed by atoms with E-state index in [1.165, 1.54) is 4.31 Å². The van der Waals surface area contributed by atoms with Crippen LogP contribution in [0.25, 0.3) is 5.65 Å². The minimum Gasteiger partial charge on any atom is -0.285 e. The topological polar surface area (TPSA) is 67.6 Å². The van der Waals surface area contributed by atoms with E-state index in [0.29, 0.717) is 12.4 Å². The molecule has 0 radical (unpaired) electrons. The lowest BCUT2D eigenvalue weighted by atomic mass is 10.2. The lowest BCUT2D eigenvalue weighted by Crippen LogP contribution is -2.31. The summed E-state index contributed by atoms with van der Waals surface area (Å²) >= 11 is 3.34. The summed E-state index contributed by atoms with van der Waals surface area (Å²) in [4.78, 5) is 0.289. The Morgan fingerprint density at radius 2 is 2.00 bits per heavy atom. The van der Waals surface area contributed by atoms with Crippen molar-refractivity contribution < 1.29 is 8.42 Å². The molecule has 4 rings (SSSR count). The summed E-state index contributed by atoms with van der Waals surface area (Å²) in [5.41, 5.74) is 0.721. The highest BCUT2D eigenvalue weighted by Crippen LogP contribution is 2.36. The standard InChI is InChI=1S/C16H15BrN4O2S/c17-12-5-3-6-13(11-12)24(22,23)21-10-4-7-14(21)16-19-18-15-8-1-2-9-20(15)16/h1-3,5-6,8-9,11,14H,4,7,10H2/t14-/m0/s1. The predicted molar refractivity (Wildman–Crippen MR) is 93.0 cm³/mol. The highest BCUT2D eigenvalue weighted by atomic mass is 79.9. The van der Waals surface area contributed by atoms with E-state index in [-0.39, 0.29) is 10.9 Å². The second-order valence-corrected chi connectivity index (χ2v) is 8.52. The van der Waals surface area contributed by atoms with Gasteiger partial charge in [-0.2, -0.15) is 4.31 Å². The molecule has 0 saturated carbocycles. The van der Waals surface area contributed by atoms with Crippen molar-refractivity contribution in [2.24, 2.45) is 0 Å². The third-order valence-corrected chi connectivity index (χ3v) is 6.64. The molecule has 124 valence electrons. The predicted octanol–water partition coefficient (Wildman–Crippen LogP) is 3.02. The minimum atomic E-state index is -3.58. The molecule has 1 atom stereocenters. The van der Waals surface area contributed by atoms with Crippen LogP contribution in [0.15, 0.2) is 58.0 Å². The molecule has 24 heavy (non-hydrogen) atoms. The number of nitrogens with zero attached hydrogens (tertiary/aromatic N) is 4. The Bertz CT molecular complexity index is 1000. The van der Waals surface area contributed by atoms with Gasteiger partial charge in [-0.05, 0) is 43.2 Å². The first-order valence-corrected chi connectivity index (χ1v) is 9.88. The average molecular weight is 407 g/mol. The van der Waals surface area contributed by atoms with Crippen LogP contribution < -0.4 is 0 Å². The maximum Gasteiger partial charge on any atom is 0.243 e. The Morgan fingerprint density at radius 3 is 2.83 bits per heavy atom. The molecule has 6 nitrogen and oxygen atoms in total. The van der Waals surface area contributed by atoms with E-state index >= 15 is 0 Å². The van der Waals surface area contributed by atoms with Gasteiger partial charge in [-0.15, -0.1) is 10.2 Å². The van der Waals surface area contributed by atoms with Crippen molar-refractivity contribution in [3.8, 4) is 0 Å². The van der Waals surface area contributed by atoms with Crippen molar-refractivity contribution in [3.05, 3.63) is 59.0 Å². The fourth-order valence-electron chi connectivity index (χ4n) is 3.14. The van der Waals surface area contributed by atoms with E-state index in [0.717, 1.165) is 23.0 Å². The van der Waals surface area contributed by atoms with E-state index in [1.54, 1.807) is 18.2 Å². The number of pyridine rings is 1. The number of rotatable bonds is 3. The Hall–Kier alpha value is -1.77. The quantitative estimate of drug-likeness (QED) is 0.670. The van der Waals surface area contributed by atoms with Gasteiger partial charge in [0.25, 0.3) is 0 Å². The normalized spacial score (nSPS) is 19.1. The molecule has 0 N–H and O–H groups in total. The molecule has 0 bridgehead atoms. The van der Waals surface area contributed by atoms with Gasteiger partial charge in [-0.25, -0.2) is 8.42 Å². The average Bonchev–Trinajstić information content (AvgIpc) is 3.21. The molecule has 3 aromatic rings. The second kappa shape index (κ2) is 5.94. The largest absolute Gasteiger partial charge is 0.285 e. The number of sulfonamides is 1. The molecule has 2 aromatic heterocycles. The van der Waals surface area contributed by atoms with Crippen LogP contribution in [-0.4, -0.2) is 33.9 Å². The number of benzene rings is 1. The van der Waals surface area contributed by atoms with Crippen LogP contribution in [0.1, 0.15) is 24.7 Å². The minimum absolute atomic E-state index is 0.289. The molecule has 1 saturated heterocycles. The number of hydrogen-bond acceptors (Lipinski definition) is 4. The summed E-state index contributed by atoms with van der Waals surface area (Å²) in [5.74, 6) is 0.668. The lowest BCUT2D eigenvalue weighted by Gasteiger charge is -2.23. The van der Waals surface area contributed by atoms with Crippen molar-refractivity contribution >= 4 is 31.6 Å². The molecule has 0 unspecified atom stereocenters. The molecule has 8 heteroatoms. The third-order valence-electron chi connectivity index (χ3n) is 4.24. The van der Waals surface area contributed by atoms with Crippen LogP contribution in [0.3, 0.4) is 0 Å². The molecule has 1 aromatic carbocycles. The summed E-state index contributed by atoms with van der Waals surface area (Å²) in [7, 11) is -3.58. The zero-order valence-corrected chi connectivity index (χ0v) is 15.1. The zero-order chi connectivity index (χ0) is 16.7. The molecule has 0 aliphatic carbocycles. The Morgan fingerprint density at radius 1 is 1.12 bits per heavy atom. The van der Waals surface area contributed by atoms with Gasteiger partial charge in [0.05, 0.1) is 10.9 Å². The van der Waals surface area contributed by atoms with E-state index in [4.69, 9.17) is 0 Å². The number of aromatic nitrogens is 3. The van der Waals surface area contributed by atoms with Crippen LogP contribution in [0.4, 0.5) is 0 Å². The van der Waals surface area contributed by atoms with Gasteiger partial charge < -0.3 is 0 Å². The van der Waals surface area contributed by atoms with Gasteiger partial charge in [-0.3, -0.25) is 4.40 Å². The van der Waals surface area contributed by atoms with Gasteiger partial charge in [0.2, 0.25) is 10.0 Å². The molecule has 3 heterocycles. The van der Waals surface area contributed by atoms with Crippen LogP contribution in [-0.2, 0) is 10.0 Å². The van der Waals surface area contributed by atoms with Gasteiger partial charge in [0.15, 0.2) is 11.5 Å². The number of halogens is 1. The van der Waals surface area contributed by atoms with E-state index in [9.17, 15) is 8.42 Å². The maximum atomic E-state index is 13.1. The van der Waals surface area contributed by atoms with Crippen LogP contribution >= 0.6 is 15.9 Å². The molecule has 0 spiro atoms. The third kappa shape index (κ3) is 2.54. The highest BCUT2D eigenvalue weighted by Gasteiger charge is 2.38. The SMILES string of the molecule is O=S(=O)(c1cccc(Br)c1)N1CCC[C@H]1c1nnc2ccccn12. The van der Waals surface area contributed by atoms with Crippen molar-refractivity contribution in [1.82, 2.24) is 18.9 Å². The van der Waals surface area contributed by atoms with E-state index in [2.05, 4.69) is 26.1 Å². The molecule has 1 aliphatic heterocycles. The first-order valence-electron chi connectivity index (χ1n) is 7.64. The van der Waals surface area contributed by atoms with E-state index in [1.807, 2.05) is 34.9 Å². The van der Waals surface area contributed by atoms with Crippen LogP contribution in [0, 0.1) is 0 Å². The molecule has 1 fully saturated rings. The number of hydrogen-bond donors (Lipinski definition) is 0. The summed E-state index contributed by atoms with van der Waals surface area (Å²) in [5, 5.41) is 8.40. The van der Waals surface area contributed by atoms with Gasteiger partial charge in [0.1, 0.15) is 0 Å². The Labute approximate surface area is 148 Å². The lowest BCUT2D eigenvalue weighted by molar-refractivity contribution is 0.381. The molecular weight excluding hydrogens is 392 g/mol. The van der Waals surface area contributed by atoms with Crippen molar-refractivity contribution in [2.45, 2.75) is 23.8 Å². The smallest absolute Gasteiger partial charge is 0.243 e. The van der Waals surface area contributed by atoms with Gasteiger partial charge in [0, 0.05) is 17.2 Å². The monoisotopic (exact) mass is 406 g/mol.